The highest BCUT2D eigenvalue weighted by atomic mass is 32.2. The molecule has 6 heteroatoms. The summed E-state index contributed by atoms with van der Waals surface area (Å²) in [5.74, 6) is -6.51. The van der Waals surface area contributed by atoms with Crippen LogP contribution in [0.2, 0.25) is 0 Å². The van der Waals surface area contributed by atoms with Gasteiger partial charge in [-0.15, -0.1) is 0 Å². The van der Waals surface area contributed by atoms with Crippen molar-refractivity contribution in [2.24, 2.45) is 5.14 Å². The molecule has 0 aliphatic heterocycles. The molecule has 0 aliphatic carbocycles. The zero-order chi connectivity index (χ0) is 10.2. The van der Waals surface area contributed by atoms with Gasteiger partial charge >= 0.3 is 0 Å². The molecular weight excluding hydrogens is 206 g/mol. The Morgan fingerprint density at radius 3 is 1.85 bits per heavy atom. The zero-order valence-corrected chi connectivity index (χ0v) is 7.31. The Balaban J connectivity index is 3.56. The van der Waals surface area contributed by atoms with E-state index in [0.29, 0.717) is 11.9 Å². The van der Waals surface area contributed by atoms with Crippen molar-refractivity contribution in [1.29, 1.82) is 0 Å². The van der Waals surface area contributed by atoms with Crippen molar-refractivity contribution in [3.63, 3.8) is 0 Å². The summed E-state index contributed by atoms with van der Waals surface area (Å²) in [6.07, 6.45) is 0. The lowest BCUT2D eigenvalue weighted by atomic mass is 10.2. The summed E-state index contributed by atoms with van der Waals surface area (Å²) in [4.78, 5) is -0.420. The normalized spacial score (nSPS) is 10.6. The zero-order valence-electron chi connectivity index (χ0n) is 6.50. The summed E-state index contributed by atoms with van der Waals surface area (Å²) in [6.45, 7) is 1.12. The van der Waals surface area contributed by atoms with Gasteiger partial charge in [-0.25, -0.2) is 17.6 Å². The van der Waals surface area contributed by atoms with Crippen molar-refractivity contribution >= 4 is 11.9 Å². The fraction of sp³-hybridized carbons (Fsp3) is 0.143. The average Bonchev–Trinajstić information content (AvgIpc) is 2.13. The van der Waals surface area contributed by atoms with Gasteiger partial charge in [0.25, 0.3) is 0 Å². The van der Waals surface area contributed by atoms with E-state index in [-0.39, 0.29) is 5.56 Å². The second-order valence-electron chi connectivity index (χ2n) is 2.33. The van der Waals surface area contributed by atoms with Crippen LogP contribution in [-0.2, 0) is 0 Å². The first-order valence-corrected chi connectivity index (χ1v) is 4.08. The molecule has 0 atom stereocenters. The van der Waals surface area contributed by atoms with Gasteiger partial charge in [-0.2, -0.15) is 0 Å². The fourth-order valence-corrected chi connectivity index (χ4v) is 1.32. The van der Waals surface area contributed by atoms with Gasteiger partial charge < -0.3 is 0 Å². The maximum Gasteiger partial charge on any atom is 0.198 e. The number of hydrogen-bond donors (Lipinski definition) is 1. The van der Waals surface area contributed by atoms with Crippen molar-refractivity contribution in [3.8, 4) is 0 Å². The van der Waals surface area contributed by atoms with Crippen LogP contribution in [0.1, 0.15) is 5.56 Å². The molecule has 1 nitrogen and oxygen atoms in total. The minimum absolute atomic E-state index is 0.330. The Bertz CT molecular complexity index is 324. The first kappa shape index (κ1) is 10.3. The average molecular weight is 211 g/mol. The van der Waals surface area contributed by atoms with Crippen LogP contribution in [0.15, 0.2) is 4.90 Å². The Labute approximate surface area is 76.1 Å². The quantitative estimate of drug-likeness (QED) is 0.334. The van der Waals surface area contributed by atoms with E-state index in [0.717, 1.165) is 6.92 Å². The van der Waals surface area contributed by atoms with E-state index in [9.17, 15) is 17.6 Å². The molecule has 0 fully saturated rings. The molecule has 13 heavy (non-hydrogen) atoms. The number of halogens is 4. The second kappa shape index (κ2) is 3.55. The van der Waals surface area contributed by atoms with Crippen molar-refractivity contribution < 1.29 is 17.6 Å². The maximum absolute atomic E-state index is 12.8. The monoisotopic (exact) mass is 211 g/mol. The molecule has 0 spiro atoms. The molecule has 2 N–H and O–H groups in total. The first-order valence-electron chi connectivity index (χ1n) is 3.20. The van der Waals surface area contributed by atoms with Crippen LogP contribution < -0.4 is 5.14 Å². The van der Waals surface area contributed by atoms with E-state index < -0.39 is 28.2 Å². The minimum Gasteiger partial charge on any atom is -0.273 e. The van der Waals surface area contributed by atoms with Crippen molar-refractivity contribution in [1.82, 2.24) is 0 Å². The third-order valence-electron chi connectivity index (χ3n) is 1.57. The summed E-state index contributed by atoms with van der Waals surface area (Å²) < 4.78 is 50.7. The molecule has 0 amide bonds. The number of rotatable bonds is 1. The van der Waals surface area contributed by atoms with E-state index in [1.54, 1.807) is 0 Å². The molecule has 0 radical (unpaired) electrons. The van der Waals surface area contributed by atoms with Gasteiger partial charge in [0.05, 0.1) is 4.90 Å². The molecule has 0 saturated carbocycles. The van der Waals surface area contributed by atoms with Gasteiger partial charge in [0.15, 0.2) is 23.3 Å². The third kappa shape index (κ3) is 1.51. The standard InChI is InChI=1S/C7H5F4NS/c1-2-3(8)4(9)5(10)6(11)7(2)13-12/h12H2,1H3. The van der Waals surface area contributed by atoms with E-state index in [1.807, 2.05) is 0 Å². The summed E-state index contributed by atoms with van der Waals surface area (Å²) in [6, 6.07) is 0. The molecule has 72 valence electrons. The third-order valence-corrected chi connectivity index (χ3v) is 2.29. The van der Waals surface area contributed by atoms with E-state index in [2.05, 4.69) is 0 Å². The molecule has 0 bridgehead atoms. The SMILES string of the molecule is Cc1c(F)c(F)c(F)c(F)c1SN. The van der Waals surface area contributed by atoms with Crippen molar-refractivity contribution in [2.45, 2.75) is 11.8 Å². The molecule has 1 aromatic rings. The smallest absolute Gasteiger partial charge is 0.198 e. The highest BCUT2D eigenvalue weighted by Gasteiger charge is 2.22. The summed E-state index contributed by atoms with van der Waals surface area (Å²) in [5.41, 5.74) is -0.330. The summed E-state index contributed by atoms with van der Waals surface area (Å²) >= 11 is 0.337. The lowest BCUT2D eigenvalue weighted by Crippen LogP contribution is -2.03. The van der Waals surface area contributed by atoms with Crippen LogP contribution in [-0.4, -0.2) is 0 Å². The van der Waals surface area contributed by atoms with Crippen LogP contribution in [0, 0.1) is 30.2 Å². The topological polar surface area (TPSA) is 26.0 Å². The molecule has 0 aromatic heterocycles. The van der Waals surface area contributed by atoms with Crippen molar-refractivity contribution in [2.75, 3.05) is 0 Å². The Morgan fingerprint density at radius 1 is 0.923 bits per heavy atom. The van der Waals surface area contributed by atoms with Gasteiger partial charge in [0.1, 0.15) is 0 Å². The van der Waals surface area contributed by atoms with Crippen LogP contribution in [0.4, 0.5) is 17.6 Å². The largest absolute Gasteiger partial charge is 0.273 e. The maximum atomic E-state index is 12.8. The Morgan fingerprint density at radius 2 is 1.38 bits per heavy atom. The minimum atomic E-state index is -1.84. The summed E-state index contributed by atoms with van der Waals surface area (Å²) in [7, 11) is 0. The fourth-order valence-electron chi connectivity index (χ4n) is 0.861. The van der Waals surface area contributed by atoms with Crippen LogP contribution in [0.5, 0.6) is 0 Å². The molecule has 0 heterocycles. The van der Waals surface area contributed by atoms with E-state index in [1.165, 1.54) is 0 Å². The number of nitrogens with two attached hydrogens (primary N) is 1. The predicted octanol–water partition coefficient (Wildman–Crippen LogP) is 2.52. The van der Waals surface area contributed by atoms with E-state index >= 15 is 0 Å². The van der Waals surface area contributed by atoms with Crippen LogP contribution in [0.25, 0.3) is 0 Å². The van der Waals surface area contributed by atoms with Gasteiger partial charge in [0, 0.05) is 5.56 Å². The predicted molar refractivity (Wildman–Crippen MR) is 41.1 cm³/mol. The van der Waals surface area contributed by atoms with Gasteiger partial charge in [-0.05, 0) is 18.9 Å². The first-order chi connectivity index (χ1) is 6.00. The molecule has 1 aromatic carbocycles. The molecule has 0 unspecified atom stereocenters. The van der Waals surface area contributed by atoms with Gasteiger partial charge in [0.2, 0.25) is 0 Å². The molecular formula is C7H5F4NS. The van der Waals surface area contributed by atoms with Crippen molar-refractivity contribution in [3.05, 3.63) is 28.8 Å². The lowest BCUT2D eigenvalue weighted by Gasteiger charge is -2.06. The van der Waals surface area contributed by atoms with Crippen LogP contribution in [0.3, 0.4) is 0 Å². The molecule has 0 aliphatic rings. The highest BCUT2D eigenvalue weighted by molar-refractivity contribution is 7.97. The van der Waals surface area contributed by atoms with Crippen LogP contribution >= 0.6 is 11.9 Å². The van der Waals surface area contributed by atoms with Gasteiger partial charge in [-0.1, -0.05) is 0 Å². The Hall–Kier alpha value is -0.750. The lowest BCUT2D eigenvalue weighted by molar-refractivity contribution is 0.394. The summed E-state index contributed by atoms with van der Waals surface area (Å²) in [5, 5.41) is 4.96. The number of hydrogen-bond acceptors (Lipinski definition) is 2. The van der Waals surface area contributed by atoms with Gasteiger partial charge in [-0.3, -0.25) is 5.14 Å². The number of benzene rings is 1. The Kier molecular flexibility index (Phi) is 2.82. The highest BCUT2D eigenvalue weighted by Crippen LogP contribution is 2.28. The molecule has 0 saturated heterocycles. The second-order valence-corrected chi connectivity index (χ2v) is 2.97. The molecule has 1 rings (SSSR count). The van der Waals surface area contributed by atoms with E-state index in [4.69, 9.17) is 5.14 Å².